The molecule has 0 radical (unpaired) electrons. The number of hydrogen-bond donors (Lipinski definition) is 1. The van der Waals surface area contributed by atoms with E-state index in [-0.39, 0.29) is 0 Å². The zero-order valence-electron chi connectivity index (χ0n) is 10.5. The van der Waals surface area contributed by atoms with Gasteiger partial charge in [-0.15, -0.1) is 0 Å². The lowest BCUT2D eigenvalue weighted by atomic mass is 11.8. The van der Waals surface area contributed by atoms with Crippen molar-refractivity contribution in [3.05, 3.63) is 0 Å². The Balaban J connectivity index is 5.00. The number of rotatable bonds is 9. The van der Waals surface area contributed by atoms with E-state index in [9.17, 15) is 31.2 Å². The molecule has 0 rings (SSSR count). The van der Waals surface area contributed by atoms with Gasteiger partial charge in [0.05, 0.1) is 0 Å². The number of hydrogen-bond acceptors (Lipinski definition) is 9. The summed E-state index contributed by atoms with van der Waals surface area (Å²) >= 11 is 0. The molecule has 1 unspecified atom stereocenters. The van der Waals surface area contributed by atoms with Crippen molar-refractivity contribution in [3.8, 4) is 0 Å². The lowest BCUT2D eigenvalue weighted by Crippen LogP contribution is -2.52. The first kappa shape index (κ1) is 20.5. The summed E-state index contributed by atoms with van der Waals surface area (Å²) in [6, 6.07) is 0. The van der Waals surface area contributed by atoms with Crippen LogP contribution in [0.5, 0.6) is 0 Å². The largest absolute Gasteiger partial charge is 0.431 e. The van der Waals surface area contributed by atoms with Crippen LogP contribution in [0.15, 0.2) is 0 Å². The highest BCUT2D eigenvalue weighted by atomic mass is 30.0. The first-order chi connectivity index (χ1) is 9.14. The normalized spacial score (nSPS) is 11.9. The van der Waals surface area contributed by atoms with Crippen molar-refractivity contribution in [1.29, 1.82) is 0 Å². The lowest BCUT2D eigenvalue weighted by Gasteiger charge is -1.94. The molecular weight excluding hydrogens is 421 g/mol. The molecule has 20 heavy (non-hydrogen) atoms. The quantitative estimate of drug-likeness (QED) is 0.355. The van der Waals surface area contributed by atoms with E-state index < -0.39 is 71.9 Å². The van der Waals surface area contributed by atoms with Crippen molar-refractivity contribution >= 4 is 71.9 Å². The third-order valence-electron chi connectivity index (χ3n) is 1.96. The van der Waals surface area contributed by atoms with E-state index in [4.69, 9.17) is 4.80 Å². The second-order valence-electron chi connectivity index (χ2n) is 3.54. The summed E-state index contributed by atoms with van der Waals surface area (Å²) in [5, 5.41) is 0. The highest BCUT2D eigenvalue weighted by Gasteiger charge is 2.47. The molecular formula is C2H10O9Si9. The summed E-state index contributed by atoms with van der Waals surface area (Å²) in [5.41, 5.74) is 0. The Bertz CT molecular complexity index is 520. The molecule has 1 atom stereocenters. The molecule has 0 amide bonds. The molecule has 0 saturated heterocycles. The van der Waals surface area contributed by atoms with Crippen molar-refractivity contribution in [2.75, 3.05) is 7.11 Å². The maximum absolute atomic E-state index is 11.7. The molecule has 0 bridgehead atoms. The molecule has 0 aromatic carbocycles. The molecule has 1 N–H and O–H groups in total. The molecule has 18 heteroatoms. The molecule has 0 aliphatic rings. The minimum Gasteiger partial charge on any atom is -0.431 e. The van der Waals surface area contributed by atoms with E-state index in [0.29, 0.717) is 0 Å². The zero-order valence-corrected chi connectivity index (χ0v) is 20.1. The van der Waals surface area contributed by atoms with Gasteiger partial charge in [0.25, 0.3) is 0 Å². The molecule has 0 aliphatic carbocycles. The fraction of sp³-hybridized carbons (Fsp3) is 1.00. The second kappa shape index (κ2) is 9.48. The average Bonchev–Trinajstić information content (AvgIpc) is 2.42. The van der Waals surface area contributed by atoms with Gasteiger partial charge in [-0.1, -0.05) is 0 Å². The molecule has 0 fully saturated rings. The Hall–Kier alpha value is 0.472. The maximum Gasteiger partial charge on any atom is 0.381 e. The SMILES string of the molecule is CO[SiH2][Si](=O)[Si](=O)[Si](=O)[Si](=O)[Si](=O)[Si](=O)[Si](=O)[SiH](C)O. The minimum absolute atomic E-state index is 1.23. The summed E-state index contributed by atoms with van der Waals surface area (Å²) in [6.45, 7) is 1.23. The standard InChI is InChI=1S/C2H10O9Si9/c1-11-12-14(4)16(6)18(8)20(10)19(9)17(7)15(5)13(2)3/h3,13H,12H2,1-2H3. The molecule has 0 aromatic heterocycles. The molecule has 0 aromatic rings. The van der Waals surface area contributed by atoms with E-state index >= 15 is 0 Å². The second-order valence-corrected chi connectivity index (χ2v) is 45.6. The smallest absolute Gasteiger partial charge is 0.381 e. The molecule has 9 nitrogen and oxygen atoms in total. The van der Waals surface area contributed by atoms with Crippen LogP contribution in [-0.4, -0.2) is 83.8 Å². The van der Waals surface area contributed by atoms with Gasteiger partial charge in [-0.05, 0) is 6.55 Å². The summed E-state index contributed by atoms with van der Waals surface area (Å²) in [6.07, 6.45) is 0. The van der Waals surface area contributed by atoms with Crippen molar-refractivity contribution in [2.24, 2.45) is 0 Å². The Morgan fingerprint density at radius 3 is 1.65 bits per heavy atom. The Morgan fingerprint density at radius 1 is 0.850 bits per heavy atom. The van der Waals surface area contributed by atoms with Crippen LogP contribution in [-0.2, 0) is 35.7 Å². The van der Waals surface area contributed by atoms with Gasteiger partial charge in [-0.25, -0.2) is 0 Å². The van der Waals surface area contributed by atoms with Crippen LogP contribution in [0, 0.1) is 0 Å². The summed E-state index contributed by atoms with van der Waals surface area (Å²) in [5.74, 6) is 0. The molecule has 108 valence electrons. The van der Waals surface area contributed by atoms with Gasteiger partial charge in [0.2, 0.25) is 17.8 Å². The Kier molecular flexibility index (Phi) is 9.70. The van der Waals surface area contributed by atoms with Crippen LogP contribution in [0.25, 0.3) is 0 Å². The predicted octanol–water partition coefficient (Wildman–Crippen LogP) is -4.94. The topological polar surface area (TPSA) is 149 Å². The van der Waals surface area contributed by atoms with Crippen molar-refractivity contribution in [1.82, 2.24) is 0 Å². The van der Waals surface area contributed by atoms with Crippen LogP contribution >= 0.6 is 0 Å². The predicted molar refractivity (Wildman–Crippen MR) is 75.9 cm³/mol. The highest BCUT2D eigenvalue weighted by molar-refractivity contribution is 7.74. The first-order valence-corrected chi connectivity index (χ1v) is 27.3. The van der Waals surface area contributed by atoms with Gasteiger partial charge < -0.3 is 40.5 Å². The summed E-state index contributed by atoms with van der Waals surface area (Å²) in [4.78, 5) is 9.13. The third-order valence-corrected chi connectivity index (χ3v) is 63.8. The fourth-order valence-electron chi connectivity index (χ4n) is 0.934. The molecule has 0 spiro atoms. The van der Waals surface area contributed by atoms with E-state index in [1.54, 1.807) is 0 Å². The lowest BCUT2D eigenvalue weighted by molar-refractivity contribution is 0.449. The van der Waals surface area contributed by atoms with Crippen LogP contribution in [0.2, 0.25) is 6.55 Å². The van der Waals surface area contributed by atoms with Crippen molar-refractivity contribution < 1.29 is 40.5 Å². The van der Waals surface area contributed by atoms with E-state index in [0.717, 1.165) is 0 Å². The molecule has 0 saturated carbocycles. The maximum atomic E-state index is 11.7. The first-order valence-electron chi connectivity index (χ1n) is 5.10. The van der Waals surface area contributed by atoms with Gasteiger partial charge in [0, 0.05) is 7.11 Å². The van der Waals surface area contributed by atoms with E-state index in [1.165, 1.54) is 13.7 Å². The van der Waals surface area contributed by atoms with Crippen LogP contribution in [0.3, 0.4) is 0 Å². The van der Waals surface area contributed by atoms with Gasteiger partial charge in [0.1, 0.15) is 0 Å². The van der Waals surface area contributed by atoms with Gasteiger partial charge in [0.15, 0.2) is 0 Å². The van der Waals surface area contributed by atoms with Crippen LogP contribution in [0.4, 0.5) is 0 Å². The minimum atomic E-state index is -3.45. The van der Waals surface area contributed by atoms with Crippen LogP contribution < -0.4 is 0 Å². The van der Waals surface area contributed by atoms with E-state index in [2.05, 4.69) is 4.43 Å². The van der Waals surface area contributed by atoms with Gasteiger partial charge in [-0.2, -0.15) is 0 Å². The Labute approximate surface area is 126 Å². The molecule has 0 aliphatic heterocycles. The monoisotopic (exact) mass is 430 g/mol. The van der Waals surface area contributed by atoms with E-state index in [1.807, 2.05) is 0 Å². The van der Waals surface area contributed by atoms with Crippen molar-refractivity contribution in [2.45, 2.75) is 6.55 Å². The van der Waals surface area contributed by atoms with Crippen LogP contribution in [0.1, 0.15) is 0 Å². The molecule has 0 heterocycles. The summed E-state index contributed by atoms with van der Waals surface area (Å²) < 4.78 is 85.8. The zero-order chi connectivity index (χ0) is 16.0. The Morgan fingerprint density at radius 2 is 1.25 bits per heavy atom. The fourth-order valence-corrected chi connectivity index (χ4v) is 83.9. The average molecular weight is 431 g/mol. The summed E-state index contributed by atoms with van der Waals surface area (Å²) in [7, 11) is -25.5. The van der Waals surface area contributed by atoms with Gasteiger partial charge in [-0.3, -0.25) is 0 Å². The third kappa shape index (κ3) is 5.69. The van der Waals surface area contributed by atoms with Gasteiger partial charge >= 0.3 is 54.0 Å². The highest BCUT2D eigenvalue weighted by Crippen LogP contribution is 1.84. The van der Waals surface area contributed by atoms with Crippen molar-refractivity contribution in [3.63, 3.8) is 0 Å².